The van der Waals surface area contributed by atoms with Crippen molar-refractivity contribution in [2.24, 2.45) is 0 Å². The van der Waals surface area contributed by atoms with Gasteiger partial charge in [0, 0.05) is 41.5 Å². The van der Waals surface area contributed by atoms with Crippen molar-refractivity contribution in [2.45, 2.75) is 13.8 Å². The maximum absolute atomic E-state index is 10.6. The van der Waals surface area contributed by atoms with Crippen LogP contribution in [0.15, 0.2) is 36.4 Å². The van der Waals surface area contributed by atoms with Crippen LogP contribution in [-0.2, 0) is 0 Å². The van der Waals surface area contributed by atoms with E-state index in [4.69, 9.17) is 0 Å². The van der Waals surface area contributed by atoms with Crippen LogP contribution in [0.3, 0.4) is 0 Å². The second-order valence-electron chi connectivity index (χ2n) is 5.61. The highest BCUT2D eigenvalue weighted by Gasteiger charge is 2.21. The maximum atomic E-state index is 10.6. The van der Waals surface area contributed by atoms with Crippen LogP contribution in [0, 0.1) is 13.8 Å². The molecule has 3 aromatic carbocycles. The van der Waals surface area contributed by atoms with Gasteiger partial charge in [-0.25, -0.2) is 0 Å². The van der Waals surface area contributed by atoms with Crippen LogP contribution in [0.4, 0.5) is 5.69 Å². The predicted molar refractivity (Wildman–Crippen MR) is 109 cm³/mol. The van der Waals surface area contributed by atoms with E-state index < -0.39 is 0 Å². The number of benzene rings is 3. The Bertz CT molecular complexity index is 943. The minimum Gasteiger partial charge on any atom is -0.507 e. The van der Waals surface area contributed by atoms with E-state index in [1.54, 1.807) is 6.07 Å². The Morgan fingerprint density at radius 1 is 0.958 bits per heavy atom. The Balaban J connectivity index is 2.44. The molecule has 0 radical (unpaired) electrons. The van der Waals surface area contributed by atoms with Crippen LogP contribution in [0.1, 0.15) is 11.1 Å². The van der Waals surface area contributed by atoms with Crippen molar-refractivity contribution < 1.29 is 15.3 Å². The molecule has 0 atom stereocenters. The third-order valence-corrected chi connectivity index (χ3v) is 5.09. The summed E-state index contributed by atoms with van der Waals surface area (Å²) in [4.78, 5) is 0. The van der Waals surface area contributed by atoms with E-state index in [0.29, 0.717) is 11.1 Å². The molecule has 0 spiro atoms. The quantitative estimate of drug-likeness (QED) is 0.179. The van der Waals surface area contributed by atoms with Gasteiger partial charge in [-0.2, -0.15) is 0 Å². The van der Waals surface area contributed by atoms with Crippen molar-refractivity contribution in [1.29, 1.82) is 0 Å². The van der Waals surface area contributed by atoms with Crippen LogP contribution in [0.2, 0.25) is 0 Å². The van der Waals surface area contributed by atoms with Crippen LogP contribution in [-0.4, -0.2) is 15.3 Å². The zero-order valence-corrected chi connectivity index (χ0v) is 16.1. The fourth-order valence-electron chi connectivity index (χ4n) is 3.05. The molecular weight excluding hydrogens is 437 g/mol. The molecule has 0 bridgehead atoms. The molecule has 0 aromatic heterocycles. The first-order chi connectivity index (χ1) is 11.5. The van der Waals surface area contributed by atoms with Crippen LogP contribution in [0.25, 0.3) is 21.9 Å². The number of anilines is 1. The number of rotatable bonds is 3. The molecule has 0 aliphatic heterocycles. The zero-order valence-electron chi connectivity index (χ0n) is 13.1. The predicted octanol–water partition coefficient (Wildman–Crippen LogP) is 5.65. The summed E-state index contributed by atoms with van der Waals surface area (Å²) in [6, 6.07) is 10.6. The normalized spacial score (nSPS) is 11.0. The van der Waals surface area contributed by atoms with E-state index in [9.17, 15) is 15.3 Å². The number of nitrogens with one attached hydrogen (secondary N) is 1. The molecule has 0 saturated heterocycles. The van der Waals surface area contributed by atoms with E-state index in [1.807, 2.05) is 38.1 Å². The molecule has 3 aromatic rings. The van der Waals surface area contributed by atoms with Crippen molar-refractivity contribution in [3.63, 3.8) is 0 Å². The Morgan fingerprint density at radius 3 is 2.38 bits per heavy atom. The third kappa shape index (κ3) is 2.73. The summed E-state index contributed by atoms with van der Waals surface area (Å²) in [5, 5.41) is 32.7. The minimum atomic E-state index is -0.232. The summed E-state index contributed by atoms with van der Waals surface area (Å²) in [7, 11) is 1.43. The molecule has 0 aliphatic rings. The topological polar surface area (TPSA) is 72.7 Å². The highest BCUT2D eigenvalue weighted by atomic mass is 127. The molecule has 0 fully saturated rings. The van der Waals surface area contributed by atoms with E-state index in [0.717, 1.165) is 27.6 Å². The third-order valence-electron chi connectivity index (χ3n) is 4.15. The number of phenolic OH excluding ortho intramolecular Hbond substituents is 3. The molecule has 6 heteroatoms. The lowest BCUT2D eigenvalue weighted by molar-refractivity contribution is 0.406. The molecule has 3 rings (SSSR count). The van der Waals surface area contributed by atoms with Gasteiger partial charge in [-0.15, -0.1) is 0 Å². The van der Waals surface area contributed by atoms with Crippen molar-refractivity contribution in [3.05, 3.63) is 47.5 Å². The number of aryl methyl sites for hydroxylation is 1. The molecule has 124 valence electrons. The molecule has 0 amide bonds. The van der Waals surface area contributed by atoms with Crippen LogP contribution < -0.4 is 4.72 Å². The number of hydrogen-bond acceptors (Lipinski definition) is 5. The van der Waals surface area contributed by atoms with Gasteiger partial charge in [0.05, 0.1) is 5.69 Å². The van der Waals surface area contributed by atoms with E-state index >= 15 is 0 Å². The van der Waals surface area contributed by atoms with Crippen molar-refractivity contribution >= 4 is 46.8 Å². The maximum Gasteiger partial charge on any atom is 0.166 e. The van der Waals surface area contributed by atoms with E-state index in [1.165, 1.54) is 15.2 Å². The van der Waals surface area contributed by atoms with Crippen LogP contribution in [0.5, 0.6) is 17.2 Å². The number of hydrogen-bond donors (Lipinski definition) is 4. The highest BCUT2D eigenvalue weighted by Crippen LogP contribution is 2.49. The largest absolute Gasteiger partial charge is 0.507 e. The second kappa shape index (κ2) is 6.60. The number of fused-ring (bicyclic) bond motifs is 1. The lowest BCUT2D eigenvalue weighted by Gasteiger charge is -2.19. The lowest BCUT2D eigenvalue weighted by atomic mass is 9.91. The molecule has 4 N–H and O–H groups in total. The molecule has 0 saturated carbocycles. The summed E-state index contributed by atoms with van der Waals surface area (Å²) in [5.74, 6) is -0.370. The van der Waals surface area contributed by atoms with Gasteiger partial charge in [-0.05, 0) is 47.9 Å². The lowest BCUT2D eigenvalue weighted by Crippen LogP contribution is -1.96. The van der Waals surface area contributed by atoms with Gasteiger partial charge in [0.2, 0.25) is 0 Å². The minimum absolute atomic E-state index is 0.0695. The Kier molecular flexibility index (Phi) is 4.69. The summed E-state index contributed by atoms with van der Waals surface area (Å²) in [5.41, 5.74) is 3.54. The van der Waals surface area contributed by atoms with Gasteiger partial charge >= 0.3 is 0 Å². The van der Waals surface area contributed by atoms with Crippen molar-refractivity contribution in [1.82, 2.24) is 0 Å². The van der Waals surface area contributed by atoms with Gasteiger partial charge in [0.15, 0.2) is 11.5 Å². The van der Waals surface area contributed by atoms with E-state index in [-0.39, 0.29) is 17.2 Å². The van der Waals surface area contributed by atoms with Gasteiger partial charge in [-0.3, -0.25) is 0 Å². The summed E-state index contributed by atoms with van der Waals surface area (Å²) in [6.07, 6.45) is 0. The van der Waals surface area contributed by atoms with Crippen molar-refractivity contribution in [3.8, 4) is 28.4 Å². The first-order valence-corrected chi connectivity index (χ1v) is 10.6. The number of aromatic hydroxyl groups is 3. The van der Waals surface area contributed by atoms with Crippen molar-refractivity contribution in [2.75, 3.05) is 4.72 Å². The average molecular weight is 453 g/mol. The molecule has 24 heavy (non-hydrogen) atoms. The Morgan fingerprint density at radius 2 is 1.67 bits per heavy atom. The molecular formula is C18H16INO3S. The fraction of sp³-hybridized carbons (Fsp3) is 0.111. The number of halogens is 1. The fourth-order valence-corrected chi connectivity index (χ4v) is 4.10. The summed E-state index contributed by atoms with van der Waals surface area (Å²) >= 11 is 2.14. The summed E-state index contributed by atoms with van der Waals surface area (Å²) < 4.78 is 3.21. The Hall–Kier alpha value is -1.80. The molecule has 0 heterocycles. The SMILES string of the molecule is Cc1cc(O)c(-c2c(O)c(O)cc3ccccc23)c(C)c1NSI. The van der Waals surface area contributed by atoms with Gasteiger partial charge in [-0.1, -0.05) is 24.3 Å². The zero-order chi connectivity index (χ0) is 17.4. The molecule has 4 nitrogen and oxygen atoms in total. The Labute approximate surface area is 156 Å². The molecule has 0 unspecified atom stereocenters. The van der Waals surface area contributed by atoms with Gasteiger partial charge in [0.25, 0.3) is 0 Å². The number of phenols is 3. The van der Waals surface area contributed by atoms with Crippen LogP contribution >= 0.6 is 30.3 Å². The monoisotopic (exact) mass is 453 g/mol. The van der Waals surface area contributed by atoms with E-state index in [2.05, 4.69) is 25.9 Å². The smallest absolute Gasteiger partial charge is 0.166 e. The van der Waals surface area contributed by atoms with Gasteiger partial charge in [0.1, 0.15) is 5.75 Å². The average Bonchev–Trinajstić information content (AvgIpc) is 2.54. The first-order valence-electron chi connectivity index (χ1n) is 7.26. The standard InChI is InChI=1S/C18H16INO3S/c1-9-7-13(21)15(10(2)17(9)20-24-19)16-12-6-4-3-5-11(12)8-14(22)18(16)23/h3-8,20-23H,1-2H3. The van der Waals surface area contributed by atoms with Gasteiger partial charge < -0.3 is 20.0 Å². The summed E-state index contributed by atoms with van der Waals surface area (Å²) in [6.45, 7) is 3.79. The second-order valence-corrected chi connectivity index (χ2v) is 7.29. The highest BCUT2D eigenvalue weighted by molar-refractivity contribution is 14.2. The first kappa shape index (κ1) is 17.0. The molecule has 0 aliphatic carbocycles.